The topological polar surface area (TPSA) is 99.2 Å². The van der Waals surface area contributed by atoms with Gasteiger partial charge in [0.25, 0.3) is 0 Å². The third kappa shape index (κ3) is 5.22. The second-order valence-corrected chi connectivity index (χ2v) is 7.58. The molecule has 2 fully saturated rings. The average Bonchev–Trinajstić information content (AvgIpc) is 2.69. The number of carboxylic acids is 1. The van der Waals surface area contributed by atoms with Gasteiger partial charge in [-0.2, -0.15) is 0 Å². The fourth-order valence-corrected chi connectivity index (χ4v) is 3.70. The Hall–Kier alpha value is -2.61. The maximum atomic E-state index is 12.5. The van der Waals surface area contributed by atoms with E-state index < -0.39 is 11.9 Å². The molecule has 2 saturated heterocycles. The van der Waals surface area contributed by atoms with E-state index in [1.54, 1.807) is 21.9 Å². The summed E-state index contributed by atoms with van der Waals surface area (Å²) in [5.41, 5.74) is 1.50. The Labute approximate surface area is 164 Å². The van der Waals surface area contributed by atoms with Gasteiger partial charge in [0.15, 0.2) is 0 Å². The Kier molecular flexibility index (Phi) is 6.51. The van der Waals surface area contributed by atoms with Crippen molar-refractivity contribution in [2.24, 2.45) is 11.8 Å². The molecule has 2 atom stereocenters. The molecule has 2 heterocycles. The molecule has 2 unspecified atom stereocenters. The standard InChI is InChI=1S/C20H27N3O5/c1-14-10-16(19(25)26)13-23(12-14)20(27)21-17-4-2-15(3-5-17)11-18(24)22-6-8-28-9-7-22/h2-5,14,16H,6-13H2,1H3,(H,21,27)(H,25,26). The van der Waals surface area contributed by atoms with Crippen molar-refractivity contribution in [2.45, 2.75) is 19.8 Å². The number of carbonyl (C=O) groups is 3. The van der Waals surface area contributed by atoms with Crippen LogP contribution in [-0.4, -0.2) is 72.2 Å². The number of morpholine rings is 1. The number of carboxylic acid groups (broad SMARTS) is 1. The zero-order chi connectivity index (χ0) is 20.1. The van der Waals surface area contributed by atoms with Gasteiger partial charge in [0, 0.05) is 31.9 Å². The van der Waals surface area contributed by atoms with E-state index in [2.05, 4.69) is 5.32 Å². The van der Waals surface area contributed by atoms with Crippen molar-refractivity contribution in [1.82, 2.24) is 9.80 Å². The van der Waals surface area contributed by atoms with E-state index in [0.717, 1.165) is 5.56 Å². The van der Waals surface area contributed by atoms with Crippen LogP contribution in [-0.2, 0) is 20.7 Å². The van der Waals surface area contributed by atoms with Crippen molar-refractivity contribution in [1.29, 1.82) is 0 Å². The normalized spacial score (nSPS) is 22.6. The van der Waals surface area contributed by atoms with Crippen LogP contribution in [0.2, 0.25) is 0 Å². The molecule has 8 heteroatoms. The number of urea groups is 1. The van der Waals surface area contributed by atoms with Gasteiger partial charge in [0.2, 0.25) is 5.91 Å². The molecule has 0 radical (unpaired) electrons. The minimum Gasteiger partial charge on any atom is -0.481 e. The molecule has 3 rings (SSSR count). The zero-order valence-corrected chi connectivity index (χ0v) is 16.1. The molecule has 0 bridgehead atoms. The van der Waals surface area contributed by atoms with Crippen LogP contribution in [0.25, 0.3) is 0 Å². The summed E-state index contributed by atoms with van der Waals surface area (Å²) < 4.78 is 5.26. The molecule has 1 aromatic rings. The number of likely N-dealkylation sites (tertiary alicyclic amines) is 1. The number of hydrogen-bond donors (Lipinski definition) is 2. The van der Waals surface area contributed by atoms with Crippen molar-refractivity contribution >= 4 is 23.6 Å². The molecule has 0 aliphatic carbocycles. The van der Waals surface area contributed by atoms with Gasteiger partial charge in [-0.15, -0.1) is 0 Å². The lowest BCUT2D eigenvalue weighted by Gasteiger charge is -2.34. The summed E-state index contributed by atoms with van der Waals surface area (Å²) in [5.74, 6) is -1.17. The number of rotatable bonds is 4. The number of benzene rings is 1. The van der Waals surface area contributed by atoms with Gasteiger partial charge in [-0.05, 0) is 30.0 Å². The molecule has 0 saturated carbocycles. The molecule has 2 aliphatic rings. The molecular formula is C20H27N3O5. The fraction of sp³-hybridized carbons (Fsp3) is 0.550. The van der Waals surface area contributed by atoms with Gasteiger partial charge < -0.3 is 25.0 Å². The molecule has 28 heavy (non-hydrogen) atoms. The minimum absolute atomic E-state index is 0.0714. The molecule has 1 aromatic carbocycles. The number of carbonyl (C=O) groups excluding carboxylic acids is 2. The summed E-state index contributed by atoms with van der Waals surface area (Å²) in [4.78, 5) is 39.4. The van der Waals surface area contributed by atoms with Gasteiger partial charge >= 0.3 is 12.0 Å². The van der Waals surface area contributed by atoms with E-state index in [4.69, 9.17) is 4.74 Å². The molecule has 152 valence electrons. The summed E-state index contributed by atoms with van der Waals surface area (Å²) in [6.45, 7) is 5.12. The molecule has 0 aromatic heterocycles. The van der Waals surface area contributed by atoms with E-state index in [0.29, 0.717) is 51.4 Å². The Bertz CT molecular complexity index is 715. The van der Waals surface area contributed by atoms with Crippen LogP contribution in [0, 0.1) is 11.8 Å². The average molecular weight is 389 g/mol. The molecule has 0 spiro atoms. The zero-order valence-electron chi connectivity index (χ0n) is 16.1. The van der Waals surface area contributed by atoms with Crippen LogP contribution in [0.5, 0.6) is 0 Å². The highest BCUT2D eigenvalue weighted by Crippen LogP contribution is 2.22. The van der Waals surface area contributed by atoms with Crippen molar-refractivity contribution in [3.05, 3.63) is 29.8 Å². The predicted octanol–water partition coefficient (Wildman–Crippen LogP) is 1.66. The first kappa shape index (κ1) is 20.1. The first-order chi connectivity index (χ1) is 13.4. The molecule has 3 amide bonds. The summed E-state index contributed by atoms with van der Waals surface area (Å²) in [6.07, 6.45) is 0.906. The first-order valence-corrected chi connectivity index (χ1v) is 9.65. The summed E-state index contributed by atoms with van der Waals surface area (Å²) in [5, 5.41) is 12.1. The quantitative estimate of drug-likeness (QED) is 0.816. The SMILES string of the molecule is CC1CC(C(=O)O)CN(C(=O)Nc2ccc(CC(=O)N3CCOCC3)cc2)C1. The highest BCUT2D eigenvalue weighted by molar-refractivity contribution is 5.90. The van der Waals surface area contributed by atoms with Crippen LogP contribution in [0.15, 0.2) is 24.3 Å². The predicted molar refractivity (Wildman–Crippen MR) is 103 cm³/mol. The van der Waals surface area contributed by atoms with Gasteiger partial charge in [0.1, 0.15) is 0 Å². The summed E-state index contributed by atoms with van der Waals surface area (Å²) in [7, 11) is 0. The highest BCUT2D eigenvalue weighted by atomic mass is 16.5. The number of anilines is 1. The summed E-state index contributed by atoms with van der Waals surface area (Å²) >= 11 is 0. The molecule has 8 nitrogen and oxygen atoms in total. The lowest BCUT2D eigenvalue weighted by Crippen LogP contribution is -2.47. The fourth-order valence-electron chi connectivity index (χ4n) is 3.70. The maximum absolute atomic E-state index is 12.5. The van der Waals surface area contributed by atoms with E-state index in [9.17, 15) is 19.5 Å². The molecule has 2 N–H and O–H groups in total. The van der Waals surface area contributed by atoms with E-state index >= 15 is 0 Å². The summed E-state index contributed by atoms with van der Waals surface area (Å²) in [6, 6.07) is 6.89. The van der Waals surface area contributed by atoms with Gasteiger partial charge in [-0.1, -0.05) is 19.1 Å². The van der Waals surface area contributed by atoms with Crippen molar-refractivity contribution in [3.8, 4) is 0 Å². The lowest BCUT2D eigenvalue weighted by atomic mass is 9.91. The number of nitrogens with zero attached hydrogens (tertiary/aromatic N) is 2. The number of nitrogens with one attached hydrogen (secondary N) is 1. The van der Waals surface area contributed by atoms with E-state index in [-0.39, 0.29) is 24.4 Å². The number of ether oxygens (including phenoxy) is 1. The first-order valence-electron chi connectivity index (χ1n) is 9.65. The lowest BCUT2D eigenvalue weighted by molar-refractivity contribution is -0.143. The maximum Gasteiger partial charge on any atom is 0.321 e. The Morgan fingerprint density at radius 3 is 2.43 bits per heavy atom. The van der Waals surface area contributed by atoms with E-state index in [1.807, 2.05) is 19.1 Å². The second kappa shape index (κ2) is 9.05. The van der Waals surface area contributed by atoms with Crippen LogP contribution < -0.4 is 5.32 Å². The van der Waals surface area contributed by atoms with Gasteiger partial charge in [-0.3, -0.25) is 9.59 Å². The van der Waals surface area contributed by atoms with Crippen molar-refractivity contribution in [3.63, 3.8) is 0 Å². The van der Waals surface area contributed by atoms with Crippen LogP contribution >= 0.6 is 0 Å². The Morgan fingerprint density at radius 1 is 1.11 bits per heavy atom. The Balaban J connectivity index is 1.54. The largest absolute Gasteiger partial charge is 0.481 e. The minimum atomic E-state index is -0.862. The molecule has 2 aliphatic heterocycles. The number of amides is 3. The third-order valence-corrected chi connectivity index (χ3v) is 5.22. The van der Waals surface area contributed by atoms with Gasteiger partial charge in [0.05, 0.1) is 25.6 Å². The highest BCUT2D eigenvalue weighted by Gasteiger charge is 2.31. The van der Waals surface area contributed by atoms with Crippen molar-refractivity contribution in [2.75, 3.05) is 44.7 Å². The number of hydrogen-bond acceptors (Lipinski definition) is 4. The van der Waals surface area contributed by atoms with Crippen molar-refractivity contribution < 1.29 is 24.2 Å². The smallest absolute Gasteiger partial charge is 0.321 e. The number of aliphatic carboxylic acids is 1. The molecular weight excluding hydrogens is 362 g/mol. The Morgan fingerprint density at radius 2 is 1.79 bits per heavy atom. The van der Waals surface area contributed by atoms with Crippen LogP contribution in [0.4, 0.5) is 10.5 Å². The monoisotopic (exact) mass is 389 g/mol. The van der Waals surface area contributed by atoms with Crippen LogP contribution in [0.1, 0.15) is 18.9 Å². The van der Waals surface area contributed by atoms with Gasteiger partial charge in [-0.25, -0.2) is 4.79 Å². The van der Waals surface area contributed by atoms with E-state index in [1.165, 1.54) is 0 Å². The van der Waals surface area contributed by atoms with Crippen LogP contribution in [0.3, 0.4) is 0 Å². The third-order valence-electron chi connectivity index (χ3n) is 5.22. The second-order valence-electron chi connectivity index (χ2n) is 7.58. The number of piperidine rings is 1.